The van der Waals surface area contributed by atoms with Gasteiger partial charge in [-0.15, -0.1) is 0 Å². The van der Waals surface area contributed by atoms with Crippen LogP contribution in [0, 0.1) is 5.92 Å². The molecule has 0 spiro atoms. The minimum absolute atomic E-state index is 0.0360. The van der Waals surface area contributed by atoms with Gasteiger partial charge < -0.3 is 19.5 Å². The third kappa shape index (κ3) is 5.87. The molecule has 8 nitrogen and oxygen atoms in total. The van der Waals surface area contributed by atoms with Crippen molar-refractivity contribution in [2.45, 2.75) is 76.0 Å². The molecule has 1 saturated heterocycles. The van der Waals surface area contributed by atoms with Crippen molar-refractivity contribution in [1.29, 1.82) is 0 Å². The van der Waals surface area contributed by atoms with Crippen molar-refractivity contribution < 1.29 is 19.4 Å². The number of aliphatic hydroxyl groups excluding tert-OH is 1. The van der Waals surface area contributed by atoms with Gasteiger partial charge in [-0.25, -0.2) is 4.68 Å². The van der Waals surface area contributed by atoms with Gasteiger partial charge in [-0.3, -0.25) is 14.7 Å². The number of carbonyl (C=O) groups excluding carboxylic acids is 1. The summed E-state index contributed by atoms with van der Waals surface area (Å²) in [5.41, 5.74) is 4.81. The van der Waals surface area contributed by atoms with E-state index in [-0.39, 0.29) is 54.2 Å². The first-order valence-corrected chi connectivity index (χ1v) is 18.3. The van der Waals surface area contributed by atoms with Gasteiger partial charge in [0.15, 0.2) is 8.32 Å². The first-order valence-electron chi connectivity index (χ1n) is 15.3. The number of nitrogens with zero attached hydrogens (tertiary/aromatic N) is 2. The number of aliphatic hydroxyl groups is 1. The predicted octanol–water partition coefficient (Wildman–Crippen LogP) is 4.56. The lowest BCUT2D eigenvalue weighted by atomic mass is 9.93. The molecule has 0 unspecified atom stereocenters. The van der Waals surface area contributed by atoms with Crippen LogP contribution in [0.1, 0.15) is 36.5 Å². The van der Waals surface area contributed by atoms with Crippen LogP contribution in [0.3, 0.4) is 0 Å². The fourth-order valence-corrected chi connectivity index (χ4v) is 9.95. The summed E-state index contributed by atoms with van der Waals surface area (Å²) in [6, 6.07) is 23.3. The number of nitrogens with one attached hydrogen (secondary N) is 1. The molecule has 1 amide bonds. The van der Waals surface area contributed by atoms with E-state index >= 15 is 0 Å². The molecule has 9 heteroatoms. The van der Waals surface area contributed by atoms with E-state index in [2.05, 4.69) is 24.2 Å². The molecule has 1 aromatic heterocycles. The molecule has 226 valence electrons. The Kier molecular flexibility index (Phi) is 8.17. The third-order valence-corrected chi connectivity index (χ3v) is 12.0. The van der Waals surface area contributed by atoms with E-state index in [0.717, 1.165) is 35.2 Å². The Morgan fingerprint density at radius 2 is 1.77 bits per heavy atom. The summed E-state index contributed by atoms with van der Waals surface area (Å²) in [6.45, 7) is 6.41. The lowest BCUT2D eigenvalue weighted by molar-refractivity contribution is -0.138. The zero-order valence-corrected chi connectivity index (χ0v) is 26.1. The molecular weight excluding hydrogens is 558 g/mol. The monoisotopic (exact) mass is 599 g/mol. The Hall–Kier alpha value is -3.50. The number of aromatic nitrogens is 2. The number of rotatable bonds is 8. The Morgan fingerprint density at radius 1 is 1.02 bits per heavy atom. The summed E-state index contributed by atoms with van der Waals surface area (Å²) < 4.78 is 8.19. The summed E-state index contributed by atoms with van der Waals surface area (Å²) in [4.78, 5) is 39.8. The minimum Gasteiger partial charge on any atom is -0.432 e. The first kappa shape index (κ1) is 29.6. The van der Waals surface area contributed by atoms with E-state index in [4.69, 9.17) is 4.74 Å². The molecule has 0 aliphatic carbocycles. The van der Waals surface area contributed by atoms with Crippen molar-refractivity contribution in [3.63, 3.8) is 0 Å². The Balaban J connectivity index is 1.16. The van der Waals surface area contributed by atoms with Crippen LogP contribution in [-0.4, -0.2) is 63.7 Å². The number of H-pyrrole nitrogens is 1. The Bertz CT molecular complexity index is 1670. The van der Waals surface area contributed by atoms with Crippen molar-refractivity contribution in [2.24, 2.45) is 5.92 Å². The molecule has 3 heterocycles. The maximum atomic E-state index is 13.7. The van der Waals surface area contributed by atoms with E-state index in [1.165, 1.54) is 5.56 Å². The number of benzene rings is 3. The molecule has 2 aliphatic heterocycles. The molecule has 6 rings (SSSR count). The largest absolute Gasteiger partial charge is 0.432 e. The van der Waals surface area contributed by atoms with E-state index in [9.17, 15) is 19.5 Å². The van der Waals surface area contributed by atoms with Crippen LogP contribution >= 0.6 is 0 Å². The lowest BCUT2D eigenvalue weighted by Crippen LogP contribution is -2.48. The number of aryl methyl sites for hydroxylation is 1. The molecule has 4 aromatic rings. The van der Waals surface area contributed by atoms with Gasteiger partial charge in [-0.1, -0.05) is 55.5 Å². The average Bonchev–Trinajstić information content (AvgIpc) is 3.51. The predicted molar refractivity (Wildman–Crippen MR) is 170 cm³/mol. The molecule has 0 saturated carbocycles. The van der Waals surface area contributed by atoms with Crippen molar-refractivity contribution >= 4 is 25.1 Å². The number of aromatic amines is 1. The minimum atomic E-state index is -2.66. The molecule has 0 bridgehead atoms. The quantitative estimate of drug-likeness (QED) is 0.258. The first-order chi connectivity index (χ1) is 20.6. The van der Waals surface area contributed by atoms with E-state index in [1.54, 1.807) is 9.58 Å². The highest BCUT2D eigenvalue weighted by molar-refractivity contribution is 6.71. The van der Waals surface area contributed by atoms with Gasteiger partial charge in [0.2, 0.25) is 5.91 Å². The number of fused-ring (bicyclic) bond motifs is 2. The summed E-state index contributed by atoms with van der Waals surface area (Å²) in [5.74, 6) is 0.0610. The molecule has 2 aliphatic rings. The van der Waals surface area contributed by atoms with Crippen molar-refractivity contribution in [2.75, 3.05) is 6.61 Å². The van der Waals surface area contributed by atoms with E-state index in [0.29, 0.717) is 18.4 Å². The third-order valence-electron chi connectivity index (χ3n) is 9.46. The van der Waals surface area contributed by atoms with Gasteiger partial charge in [0, 0.05) is 12.1 Å². The van der Waals surface area contributed by atoms with Crippen LogP contribution in [0.15, 0.2) is 77.6 Å². The summed E-state index contributed by atoms with van der Waals surface area (Å²) in [6.07, 6.45) is 1.85. The summed E-state index contributed by atoms with van der Waals surface area (Å²) >= 11 is 0. The Morgan fingerprint density at radius 3 is 2.51 bits per heavy atom. The van der Waals surface area contributed by atoms with Gasteiger partial charge in [0.25, 0.3) is 5.56 Å². The van der Waals surface area contributed by atoms with Crippen LogP contribution < -0.4 is 5.56 Å². The highest BCUT2D eigenvalue weighted by Gasteiger charge is 2.50. The maximum absolute atomic E-state index is 13.7. The van der Waals surface area contributed by atoms with Gasteiger partial charge in [0.1, 0.15) is 0 Å². The number of hydrogen-bond donors (Lipinski definition) is 3. The average molecular weight is 600 g/mol. The topological polar surface area (TPSA) is 108 Å². The number of para-hydroxylation sites is 1. The van der Waals surface area contributed by atoms with Crippen molar-refractivity contribution in [1.82, 2.24) is 14.7 Å². The van der Waals surface area contributed by atoms with E-state index < -0.39 is 8.32 Å². The smallest absolute Gasteiger partial charge is 0.279 e. The van der Waals surface area contributed by atoms with Crippen molar-refractivity contribution in [3.05, 3.63) is 99.8 Å². The highest BCUT2D eigenvalue weighted by atomic mass is 28.4. The summed E-state index contributed by atoms with van der Waals surface area (Å²) in [5, 5.41) is 14.0. The van der Waals surface area contributed by atoms with Crippen molar-refractivity contribution in [3.8, 4) is 5.69 Å². The van der Waals surface area contributed by atoms with Gasteiger partial charge in [0.05, 0.1) is 47.9 Å². The van der Waals surface area contributed by atoms with E-state index in [1.807, 2.05) is 73.8 Å². The summed E-state index contributed by atoms with van der Waals surface area (Å²) in [7, 11) is -2.66. The molecule has 0 radical (unpaired) electrons. The Labute approximate surface area is 253 Å². The normalized spacial score (nSPS) is 23.9. The molecule has 1 fully saturated rings. The number of ether oxygens (including phenoxy) is 1. The van der Waals surface area contributed by atoms with Crippen LogP contribution in [0.25, 0.3) is 16.6 Å². The fourth-order valence-electron chi connectivity index (χ4n) is 7.34. The number of hydrogen-bond acceptors (Lipinski definition) is 5. The van der Waals surface area contributed by atoms with Crippen LogP contribution in [0.5, 0.6) is 0 Å². The number of carbonyl (C=O) groups is 1. The maximum Gasteiger partial charge on any atom is 0.279 e. The van der Waals surface area contributed by atoms with Gasteiger partial charge >= 0.3 is 0 Å². The second kappa shape index (κ2) is 11.9. The van der Waals surface area contributed by atoms with Crippen LogP contribution in [0.4, 0.5) is 0 Å². The zero-order valence-electron chi connectivity index (χ0n) is 25.1. The number of amides is 1. The highest BCUT2D eigenvalue weighted by Crippen LogP contribution is 2.46. The zero-order chi connectivity index (χ0) is 30.3. The second-order valence-electron chi connectivity index (χ2n) is 12.8. The standard InChI is InChI=1S/C34H41N3O5Si/c1-22-30(16-15-23-9-8-12-26(17-23)37-34(40)28-13-6-7-14-29(28)35-37)42-31(33(22)43(2,3)41)19-32(39)36-20-25-11-5-4-10-24(25)18-27(36)21-38/h4-14,17,22,27,30-31,33,35,38,41H,15-16,18-21H2,1-3H3/t22-,27+,30+,31-,33+/m1/s1. The van der Waals surface area contributed by atoms with Crippen LogP contribution in [-0.2, 0) is 28.9 Å². The lowest BCUT2D eigenvalue weighted by Gasteiger charge is -2.37. The molecule has 3 aromatic carbocycles. The fraction of sp³-hybridized carbons (Fsp3) is 0.412. The molecule has 5 atom stereocenters. The molecule has 43 heavy (non-hydrogen) atoms. The van der Waals surface area contributed by atoms with Crippen LogP contribution in [0.2, 0.25) is 18.6 Å². The molecular formula is C34H41N3O5Si. The van der Waals surface area contributed by atoms with Gasteiger partial charge in [-0.05, 0) is 79.2 Å². The second-order valence-corrected chi connectivity index (χ2v) is 16.8. The van der Waals surface area contributed by atoms with Gasteiger partial charge in [-0.2, -0.15) is 0 Å². The molecule has 3 N–H and O–H groups in total. The SMILES string of the molecule is C[C@H]1[C@H]([Si](C)(C)O)[C@@H](CC(=O)N2Cc3ccccc3C[C@H]2CO)O[C@H]1CCc1cccc(-n2[nH]c3ccccc3c2=O)c1.